The summed E-state index contributed by atoms with van der Waals surface area (Å²) in [5.74, 6) is 1.75. The van der Waals surface area contributed by atoms with E-state index in [1.165, 1.54) is 0 Å². The number of amides is 1. The van der Waals surface area contributed by atoms with Gasteiger partial charge in [-0.05, 0) is 115 Å². The molecule has 0 bridgehead atoms. The first-order valence-corrected chi connectivity index (χ1v) is 21.4. The lowest BCUT2D eigenvalue weighted by molar-refractivity contribution is -0.143. The zero-order valence-electron chi connectivity index (χ0n) is 34.6. The molecule has 6 aromatic rings. The molecule has 2 aliphatic rings. The molecule has 2 N–H and O–H groups in total. The highest BCUT2D eigenvalue weighted by Gasteiger charge is 2.39. The van der Waals surface area contributed by atoms with Crippen LogP contribution in [0.1, 0.15) is 70.1 Å². The van der Waals surface area contributed by atoms with E-state index in [9.17, 15) is 14.7 Å². The highest BCUT2D eigenvalue weighted by molar-refractivity contribution is 6.42. The van der Waals surface area contributed by atoms with Crippen molar-refractivity contribution in [2.75, 3.05) is 6.61 Å². The van der Waals surface area contributed by atoms with Gasteiger partial charge in [-0.2, -0.15) is 0 Å². The SMILES string of the molecule is CC[C@@H](c1ccccc1)N1Cc2cc3c(cc2C[C@H]1C(=O)NC(Cc1ccc(Oc2ccnc(C)c2C)cc1)C(=O)O)OC[C@H](c1cccc(OCc2ccc(Cl)c(Cl)c2)c1)O3. The van der Waals surface area contributed by atoms with E-state index in [0.717, 1.165) is 51.1 Å². The lowest BCUT2D eigenvalue weighted by Gasteiger charge is -2.42. The number of aliphatic carboxylic acids is 1. The minimum Gasteiger partial charge on any atom is -0.489 e. The summed E-state index contributed by atoms with van der Waals surface area (Å²) in [6, 6.07) is 34.4. The molecule has 5 aromatic carbocycles. The Hall–Kier alpha value is -6.07. The van der Waals surface area contributed by atoms with Gasteiger partial charge in [-0.15, -0.1) is 0 Å². The van der Waals surface area contributed by atoms with E-state index in [1.807, 2.05) is 92.7 Å². The van der Waals surface area contributed by atoms with Gasteiger partial charge in [-0.25, -0.2) is 4.79 Å². The van der Waals surface area contributed by atoms with Crippen LogP contribution >= 0.6 is 23.2 Å². The number of carboxylic acid groups (broad SMARTS) is 1. The highest BCUT2D eigenvalue weighted by atomic mass is 35.5. The maximum atomic E-state index is 14.4. The minimum absolute atomic E-state index is 0.0973. The summed E-state index contributed by atoms with van der Waals surface area (Å²) in [6.07, 6.45) is 2.50. The number of carbonyl (C=O) groups excluding carboxylic acids is 1. The van der Waals surface area contributed by atoms with Gasteiger partial charge in [0, 0.05) is 36.5 Å². The fourth-order valence-electron chi connectivity index (χ4n) is 8.10. The van der Waals surface area contributed by atoms with Crippen LogP contribution in [0.5, 0.6) is 28.7 Å². The molecule has 1 aromatic heterocycles. The van der Waals surface area contributed by atoms with E-state index in [0.29, 0.717) is 58.4 Å². The second-order valence-electron chi connectivity index (χ2n) is 15.7. The van der Waals surface area contributed by atoms with Crippen LogP contribution in [0.3, 0.4) is 0 Å². The Morgan fingerprint density at radius 2 is 1.65 bits per heavy atom. The van der Waals surface area contributed by atoms with Gasteiger partial charge in [-0.1, -0.05) is 90.8 Å². The normalized spacial score (nSPS) is 16.7. The molecular weight excluding hydrogens is 825 g/mol. The number of rotatable bonds is 14. The van der Waals surface area contributed by atoms with Crippen molar-refractivity contribution in [3.05, 3.63) is 176 Å². The first-order valence-electron chi connectivity index (χ1n) is 20.7. The summed E-state index contributed by atoms with van der Waals surface area (Å²) in [7, 11) is 0. The Labute approximate surface area is 371 Å². The van der Waals surface area contributed by atoms with Crippen LogP contribution in [-0.4, -0.2) is 45.6 Å². The Bertz CT molecular complexity index is 2570. The van der Waals surface area contributed by atoms with E-state index in [4.69, 9.17) is 42.1 Å². The number of pyridine rings is 1. The molecule has 3 heterocycles. The van der Waals surface area contributed by atoms with Crippen molar-refractivity contribution in [3.8, 4) is 28.7 Å². The van der Waals surface area contributed by atoms with Crippen molar-refractivity contribution in [3.63, 3.8) is 0 Å². The Morgan fingerprint density at radius 1 is 0.871 bits per heavy atom. The number of hydrogen-bond acceptors (Lipinski definition) is 8. The molecule has 2 aliphatic heterocycles. The number of aromatic nitrogens is 1. The summed E-state index contributed by atoms with van der Waals surface area (Å²) < 4.78 is 25.1. The predicted molar refractivity (Wildman–Crippen MR) is 239 cm³/mol. The van der Waals surface area contributed by atoms with Crippen LogP contribution in [0.4, 0.5) is 0 Å². The van der Waals surface area contributed by atoms with E-state index in [2.05, 4.69) is 34.3 Å². The number of nitrogens with zero attached hydrogens (tertiary/aromatic N) is 2. The molecule has 0 aliphatic carbocycles. The van der Waals surface area contributed by atoms with E-state index in [-0.39, 0.29) is 31.1 Å². The van der Waals surface area contributed by atoms with Crippen LogP contribution in [0.15, 0.2) is 121 Å². The lowest BCUT2D eigenvalue weighted by Crippen LogP contribution is -2.55. The highest BCUT2D eigenvalue weighted by Crippen LogP contribution is 2.43. The van der Waals surface area contributed by atoms with Crippen molar-refractivity contribution in [1.29, 1.82) is 0 Å². The molecule has 0 saturated heterocycles. The second-order valence-corrected chi connectivity index (χ2v) is 16.5. The average Bonchev–Trinajstić information content (AvgIpc) is 3.28. The maximum absolute atomic E-state index is 14.4. The van der Waals surface area contributed by atoms with Gasteiger partial charge in [0.25, 0.3) is 0 Å². The van der Waals surface area contributed by atoms with E-state index >= 15 is 0 Å². The first kappa shape index (κ1) is 42.6. The number of hydrogen-bond donors (Lipinski definition) is 2. The summed E-state index contributed by atoms with van der Waals surface area (Å²) in [5.41, 5.74) is 7.41. The van der Waals surface area contributed by atoms with Crippen molar-refractivity contribution in [2.24, 2.45) is 0 Å². The average molecular weight is 873 g/mol. The molecule has 8 rings (SSSR count). The molecular formula is C50H47Cl2N3O7. The van der Waals surface area contributed by atoms with Crippen LogP contribution in [-0.2, 0) is 35.6 Å². The Kier molecular flexibility index (Phi) is 13.0. The predicted octanol–water partition coefficient (Wildman–Crippen LogP) is 10.6. The molecule has 0 fully saturated rings. The van der Waals surface area contributed by atoms with Crippen LogP contribution in [0.2, 0.25) is 10.0 Å². The Balaban J connectivity index is 0.994. The number of benzene rings is 5. The standard InChI is InChI=1S/C50H47Cl2N3O7/c1-4-43(34-9-6-5-7-10-34)55-27-37-26-47-46(60-29-48(62-47)35-11-8-12-39(23-35)59-28-33-15-18-40(51)41(52)21-33)25-36(37)24-44(55)49(56)54-42(50(57)58)22-32-13-16-38(17-14-32)61-45-19-20-53-31(3)30(45)2/h5-21,23,25-26,42-44,48H,4,22,24,27-29H2,1-3H3,(H,54,56)(H,57,58)/t42?,43-,44-,48+/m0/s1. The molecule has 4 atom stereocenters. The van der Waals surface area contributed by atoms with Gasteiger partial charge in [0.1, 0.15) is 36.5 Å². The minimum atomic E-state index is -1.16. The van der Waals surface area contributed by atoms with Crippen molar-refractivity contribution in [1.82, 2.24) is 15.2 Å². The third kappa shape index (κ3) is 9.68. The molecule has 0 radical (unpaired) electrons. The number of ether oxygens (including phenoxy) is 4. The van der Waals surface area contributed by atoms with Crippen molar-refractivity contribution in [2.45, 2.75) is 77.4 Å². The smallest absolute Gasteiger partial charge is 0.326 e. The molecule has 318 valence electrons. The van der Waals surface area contributed by atoms with Crippen LogP contribution in [0.25, 0.3) is 0 Å². The monoisotopic (exact) mass is 871 g/mol. The maximum Gasteiger partial charge on any atom is 0.326 e. The number of halogens is 2. The quantitative estimate of drug-likeness (QED) is 0.110. The van der Waals surface area contributed by atoms with E-state index in [1.54, 1.807) is 30.5 Å². The topological polar surface area (TPSA) is 119 Å². The number of aryl methyl sites for hydroxylation is 1. The molecule has 0 saturated carbocycles. The molecule has 10 nitrogen and oxygen atoms in total. The second kappa shape index (κ2) is 18.9. The molecule has 0 spiro atoms. The third-order valence-corrected chi connectivity index (χ3v) is 12.3. The summed E-state index contributed by atoms with van der Waals surface area (Å²) in [6.45, 7) is 7.02. The van der Waals surface area contributed by atoms with Gasteiger partial charge in [0.05, 0.1) is 16.1 Å². The van der Waals surface area contributed by atoms with Crippen LogP contribution < -0.4 is 24.3 Å². The van der Waals surface area contributed by atoms with Gasteiger partial charge in [-0.3, -0.25) is 14.7 Å². The summed E-state index contributed by atoms with van der Waals surface area (Å²) in [4.78, 5) is 33.6. The molecule has 1 unspecified atom stereocenters. The zero-order valence-corrected chi connectivity index (χ0v) is 36.2. The number of nitrogens with one attached hydrogen (secondary N) is 1. The van der Waals surface area contributed by atoms with Crippen molar-refractivity contribution >= 4 is 35.1 Å². The largest absolute Gasteiger partial charge is 0.489 e. The number of carbonyl (C=O) groups is 2. The lowest BCUT2D eigenvalue weighted by atomic mass is 9.89. The van der Waals surface area contributed by atoms with Crippen molar-refractivity contribution < 1.29 is 33.6 Å². The van der Waals surface area contributed by atoms with Gasteiger partial charge in [0.15, 0.2) is 17.6 Å². The van der Waals surface area contributed by atoms with E-state index < -0.39 is 18.1 Å². The first-order chi connectivity index (χ1) is 30.0. The fourth-order valence-corrected chi connectivity index (χ4v) is 8.42. The number of fused-ring (bicyclic) bond motifs is 2. The van der Waals surface area contributed by atoms with Crippen LogP contribution in [0, 0.1) is 13.8 Å². The Morgan fingerprint density at radius 3 is 2.40 bits per heavy atom. The summed E-state index contributed by atoms with van der Waals surface area (Å²) in [5, 5.41) is 14.3. The molecule has 62 heavy (non-hydrogen) atoms. The molecule has 1 amide bonds. The van der Waals surface area contributed by atoms with Gasteiger partial charge in [0.2, 0.25) is 5.91 Å². The zero-order chi connectivity index (χ0) is 43.3. The number of carboxylic acids is 1. The summed E-state index contributed by atoms with van der Waals surface area (Å²) >= 11 is 12.3. The molecule has 12 heteroatoms. The fraction of sp³-hybridized carbons (Fsp3) is 0.260. The van der Waals surface area contributed by atoms with Gasteiger partial charge < -0.3 is 29.4 Å². The van der Waals surface area contributed by atoms with Gasteiger partial charge >= 0.3 is 5.97 Å². The third-order valence-electron chi connectivity index (χ3n) is 11.6.